The van der Waals surface area contributed by atoms with Gasteiger partial charge in [0.05, 0.1) is 16.2 Å². The lowest BCUT2D eigenvalue weighted by Gasteiger charge is -2.12. The highest BCUT2D eigenvalue weighted by atomic mass is 16.6. The topological polar surface area (TPSA) is 106 Å². The molecule has 8 heteroatoms. The van der Waals surface area contributed by atoms with Crippen LogP contribution in [0.25, 0.3) is 11.3 Å². The zero-order valence-electron chi connectivity index (χ0n) is 14.7. The highest BCUT2D eigenvalue weighted by Gasteiger charge is 2.22. The predicted octanol–water partition coefficient (Wildman–Crippen LogP) is 4.07. The average molecular weight is 362 g/mol. The summed E-state index contributed by atoms with van der Waals surface area (Å²) in [5.74, 6) is 1.11. The molecular formula is C19H18N6O2. The molecule has 0 amide bonds. The number of rotatable bonds is 6. The van der Waals surface area contributed by atoms with E-state index < -0.39 is 0 Å². The highest BCUT2D eigenvalue weighted by Crippen LogP contribution is 2.30. The minimum absolute atomic E-state index is 0.0692. The Bertz CT molecular complexity index is 989. The van der Waals surface area contributed by atoms with Crippen molar-refractivity contribution in [1.82, 2.24) is 15.0 Å². The number of nitrogens with one attached hydrogen (secondary N) is 2. The number of nitro groups is 1. The number of anilines is 3. The molecule has 1 aromatic carbocycles. The lowest BCUT2D eigenvalue weighted by molar-refractivity contribution is -0.385. The van der Waals surface area contributed by atoms with Crippen LogP contribution in [0.5, 0.6) is 0 Å². The van der Waals surface area contributed by atoms with Crippen molar-refractivity contribution in [2.75, 3.05) is 10.6 Å². The molecule has 0 atom stereocenters. The molecule has 0 aliphatic heterocycles. The van der Waals surface area contributed by atoms with Gasteiger partial charge in [-0.1, -0.05) is 6.07 Å². The normalized spacial score (nSPS) is 13.2. The molecule has 4 rings (SSSR count). The molecule has 136 valence electrons. The Labute approximate surface area is 155 Å². The summed E-state index contributed by atoms with van der Waals surface area (Å²) in [4.78, 5) is 24.0. The fraction of sp³-hybridized carbons (Fsp3) is 0.211. The van der Waals surface area contributed by atoms with E-state index in [9.17, 15) is 10.1 Å². The van der Waals surface area contributed by atoms with Crippen molar-refractivity contribution in [3.63, 3.8) is 0 Å². The van der Waals surface area contributed by atoms with E-state index in [0.717, 1.165) is 24.1 Å². The Kier molecular flexibility index (Phi) is 4.37. The number of benzene rings is 1. The van der Waals surface area contributed by atoms with Crippen LogP contribution in [0.3, 0.4) is 0 Å². The van der Waals surface area contributed by atoms with Crippen molar-refractivity contribution in [3.05, 3.63) is 64.5 Å². The van der Waals surface area contributed by atoms with E-state index in [-0.39, 0.29) is 10.6 Å². The van der Waals surface area contributed by atoms with Crippen LogP contribution in [0.2, 0.25) is 0 Å². The second kappa shape index (κ2) is 6.99. The van der Waals surface area contributed by atoms with Crippen LogP contribution >= 0.6 is 0 Å². The maximum atomic E-state index is 11.2. The van der Waals surface area contributed by atoms with Crippen molar-refractivity contribution in [2.24, 2.45) is 0 Å². The van der Waals surface area contributed by atoms with Crippen LogP contribution in [0.4, 0.5) is 23.1 Å². The van der Waals surface area contributed by atoms with Crippen LogP contribution in [0.15, 0.2) is 48.8 Å². The predicted molar refractivity (Wildman–Crippen MR) is 103 cm³/mol. The van der Waals surface area contributed by atoms with Gasteiger partial charge in [-0.25, -0.2) is 4.98 Å². The molecule has 1 saturated carbocycles. The van der Waals surface area contributed by atoms with Gasteiger partial charge in [-0.15, -0.1) is 0 Å². The number of nitrogens with zero attached hydrogens (tertiary/aromatic N) is 4. The summed E-state index contributed by atoms with van der Waals surface area (Å²) in [6, 6.07) is 10.9. The van der Waals surface area contributed by atoms with E-state index in [2.05, 4.69) is 25.6 Å². The minimum Gasteiger partial charge on any atom is -0.351 e. The van der Waals surface area contributed by atoms with Crippen LogP contribution in [0.1, 0.15) is 18.4 Å². The van der Waals surface area contributed by atoms with Crippen LogP contribution in [-0.4, -0.2) is 25.9 Å². The maximum Gasteiger partial charge on any atom is 0.274 e. The molecule has 0 bridgehead atoms. The van der Waals surface area contributed by atoms with Gasteiger partial charge >= 0.3 is 0 Å². The monoisotopic (exact) mass is 362 g/mol. The summed E-state index contributed by atoms with van der Waals surface area (Å²) >= 11 is 0. The van der Waals surface area contributed by atoms with E-state index in [1.165, 1.54) is 6.07 Å². The average Bonchev–Trinajstić information content (AvgIpc) is 3.48. The fourth-order valence-corrected chi connectivity index (χ4v) is 2.75. The number of pyridine rings is 1. The number of nitro benzene ring substituents is 1. The van der Waals surface area contributed by atoms with Crippen molar-refractivity contribution in [2.45, 2.75) is 25.8 Å². The molecule has 2 aromatic heterocycles. The molecule has 27 heavy (non-hydrogen) atoms. The van der Waals surface area contributed by atoms with Gasteiger partial charge in [0.1, 0.15) is 5.82 Å². The summed E-state index contributed by atoms with van der Waals surface area (Å²) in [7, 11) is 0. The van der Waals surface area contributed by atoms with E-state index in [0.29, 0.717) is 29.1 Å². The van der Waals surface area contributed by atoms with Crippen molar-refractivity contribution >= 4 is 23.1 Å². The quantitative estimate of drug-likeness (QED) is 0.503. The molecule has 2 N–H and O–H groups in total. The maximum absolute atomic E-state index is 11.2. The van der Waals surface area contributed by atoms with Crippen LogP contribution in [0, 0.1) is 17.0 Å². The van der Waals surface area contributed by atoms with Gasteiger partial charge < -0.3 is 10.6 Å². The zero-order chi connectivity index (χ0) is 18.8. The highest BCUT2D eigenvalue weighted by molar-refractivity contribution is 5.70. The first-order valence-electron chi connectivity index (χ1n) is 8.67. The van der Waals surface area contributed by atoms with Gasteiger partial charge in [0, 0.05) is 41.8 Å². The first-order chi connectivity index (χ1) is 13.1. The summed E-state index contributed by atoms with van der Waals surface area (Å²) in [6.45, 7) is 1.72. The SMILES string of the molecule is Cc1c(Nc2cc(-c3ccncc3)nc(NC3CC3)n2)cccc1[N+](=O)[O-]. The molecule has 1 fully saturated rings. The first-order valence-corrected chi connectivity index (χ1v) is 8.67. The molecule has 0 radical (unpaired) electrons. The lowest BCUT2D eigenvalue weighted by atomic mass is 10.1. The minimum atomic E-state index is -0.386. The van der Waals surface area contributed by atoms with E-state index >= 15 is 0 Å². The number of hydrogen-bond acceptors (Lipinski definition) is 7. The molecule has 0 spiro atoms. The second-order valence-electron chi connectivity index (χ2n) is 6.45. The van der Waals surface area contributed by atoms with Crippen LogP contribution < -0.4 is 10.6 Å². The fourth-order valence-electron chi connectivity index (χ4n) is 2.75. The van der Waals surface area contributed by atoms with Crippen LogP contribution in [-0.2, 0) is 0 Å². The Morgan fingerprint density at radius 1 is 1.15 bits per heavy atom. The van der Waals surface area contributed by atoms with E-state index in [1.807, 2.05) is 18.2 Å². The lowest BCUT2D eigenvalue weighted by Crippen LogP contribution is -2.08. The Morgan fingerprint density at radius 3 is 2.63 bits per heavy atom. The molecule has 0 saturated heterocycles. The molecule has 8 nitrogen and oxygen atoms in total. The third-order valence-electron chi connectivity index (χ3n) is 4.38. The smallest absolute Gasteiger partial charge is 0.274 e. The molecule has 1 aliphatic rings. The molecule has 2 heterocycles. The molecule has 1 aliphatic carbocycles. The number of hydrogen-bond donors (Lipinski definition) is 2. The Hall–Kier alpha value is -3.55. The largest absolute Gasteiger partial charge is 0.351 e. The Balaban J connectivity index is 1.71. The van der Waals surface area contributed by atoms with Gasteiger partial charge in [0.15, 0.2) is 0 Å². The van der Waals surface area contributed by atoms with Gasteiger partial charge in [-0.05, 0) is 38.0 Å². The number of aromatic nitrogens is 3. The van der Waals surface area contributed by atoms with Crippen molar-refractivity contribution in [1.29, 1.82) is 0 Å². The molecule has 3 aromatic rings. The van der Waals surface area contributed by atoms with E-state index in [1.54, 1.807) is 31.5 Å². The van der Waals surface area contributed by atoms with Gasteiger partial charge in [0.25, 0.3) is 5.69 Å². The third kappa shape index (κ3) is 3.84. The Morgan fingerprint density at radius 2 is 1.93 bits per heavy atom. The summed E-state index contributed by atoms with van der Waals surface area (Å²) in [5, 5.41) is 17.7. The molecular weight excluding hydrogens is 344 g/mol. The van der Waals surface area contributed by atoms with Gasteiger partial charge in [0.2, 0.25) is 5.95 Å². The third-order valence-corrected chi connectivity index (χ3v) is 4.38. The second-order valence-corrected chi connectivity index (χ2v) is 6.45. The van der Waals surface area contributed by atoms with Crippen molar-refractivity contribution < 1.29 is 4.92 Å². The summed E-state index contributed by atoms with van der Waals surface area (Å²) in [6.07, 6.45) is 5.64. The molecule has 0 unspecified atom stereocenters. The van der Waals surface area contributed by atoms with E-state index in [4.69, 9.17) is 0 Å². The standard InChI is InChI=1S/C19H18N6O2/c1-12-15(3-2-4-17(12)25(26)27)22-18-11-16(13-7-9-20-10-8-13)23-19(24-18)21-14-5-6-14/h2-4,7-11,14H,5-6H2,1H3,(H2,21,22,23,24). The van der Waals surface area contributed by atoms with Crippen molar-refractivity contribution in [3.8, 4) is 11.3 Å². The first kappa shape index (κ1) is 16.9. The zero-order valence-corrected chi connectivity index (χ0v) is 14.7. The summed E-state index contributed by atoms with van der Waals surface area (Å²) in [5.41, 5.74) is 2.94. The summed E-state index contributed by atoms with van der Waals surface area (Å²) < 4.78 is 0. The van der Waals surface area contributed by atoms with Gasteiger partial charge in [-0.2, -0.15) is 4.98 Å². The van der Waals surface area contributed by atoms with Gasteiger partial charge in [-0.3, -0.25) is 15.1 Å².